The molecule has 3 rings (SSSR count). The molecule has 0 fully saturated rings. The van der Waals surface area contributed by atoms with Crippen molar-refractivity contribution in [2.45, 2.75) is 19.6 Å². The highest BCUT2D eigenvalue weighted by atomic mass is 35.5. The number of fused-ring (bicyclic) bond motifs is 1. The van der Waals surface area contributed by atoms with Gasteiger partial charge in [-0.1, -0.05) is 11.6 Å². The Kier molecular flexibility index (Phi) is 6.49. The zero-order valence-electron chi connectivity index (χ0n) is 15.9. The first kappa shape index (κ1) is 20.1. The lowest BCUT2D eigenvalue weighted by molar-refractivity contribution is -0.144. The van der Waals surface area contributed by atoms with E-state index in [9.17, 15) is 4.79 Å². The molecule has 2 aromatic carbocycles. The molecule has 150 valence electrons. The van der Waals surface area contributed by atoms with Crippen molar-refractivity contribution in [2.24, 2.45) is 0 Å². The monoisotopic (exact) mass is 408 g/mol. The Morgan fingerprint density at radius 3 is 2.43 bits per heavy atom. The van der Waals surface area contributed by atoms with Crippen LogP contribution in [0.5, 0.6) is 23.0 Å². The maximum Gasteiger partial charge on any atom is 0.310 e. The van der Waals surface area contributed by atoms with Gasteiger partial charge in [0.1, 0.15) is 12.4 Å². The molecule has 0 amide bonds. The van der Waals surface area contributed by atoms with Crippen molar-refractivity contribution in [1.29, 1.82) is 0 Å². The Hall–Kier alpha value is -2.64. The van der Waals surface area contributed by atoms with Crippen LogP contribution < -0.4 is 18.9 Å². The van der Waals surface area contributed by atoms with Gasteiger partial charge >= 0.3 is 5.97 Å². The fourth-order valence-corrected chi connectivity index (χ4v) is 3.24. The fraction of sp³-hybridized carbons (Fsp3) is 0.350. The average molecular weight is 409 g/mol. The number of methoxy groups -OCH3 is 3. The molecule has 0 aliphatic carbocycles. The molecule has 0 bridgehead atoms. The lowest BCUT2D eigenvalue weighted by atomic mass is 10.1. The minimum Gasteiger partial charge on any atom is -0.493 e. The van der Waals surface area contributed by atoms with E-state index in [1.54, 1.807) is 24.3 Å². The van der Waals surface area contributed by atoms with E-state index in [0.717, 1.165) is 5.56 Å². The van der Waals surface area contributed by atoms with Crippen LogP contribution >= 0.6 is 11.6 Å². The van der Waals surface area contributed by atoms with Gasteiger partial charge in [0.2, 0.25) is 5.75 Å². The first-order valence-corrected chi connectivity index (χ1v) is 8.89. The fourth-order valence-electron chi connectivity index (χ4n) is 2.98. The number of carbonyl (C=O) groups excluding carboxylic acids is 1. The lowest BCUT2D eigenvalue weighted by Crippen LogP contribution is -2.15. The van der Waals surface area contributed by atoms with Crippen molar-refractivity contribution in [3.05, 3.63) is 46.0 Å². The normalized spacial score (nSPS) is 12.6. The summed E-state index contributed by atoms with van der Waals surface area (Å²) in [6, 6.07) is 6.92. The van der Waals surface area contributed by atoms with Crippen LogP contribution in [0.1, 0.15) is 16.7 Å². The summed E-state index contributed by atoms with van der Waals surface area (Å²) in [4.78, 5) is 12.4. The van der Waals surface area contributed by atoms with Gasteiger partial charge in [-0.25, -0.2) is 0 Å². The van der Waals surface area contributed by atoms with Crippen LogP contribution in [0.2, 0.25) is 5.02 Å². The van der Waals surface area contributed by atoms with Crippen molar-refractivity contribution in [3.8, 4) is 23.0 Å². The van der Waals surface area contributed by atoms with Gasteiger partial charge in [0.05, 0.1) is 34.4 Å². The van der Waals surface area contributed by atoms with Gasteiger partial charge in [0.25, 0.3) is 0 Å². The maximum absolute atomic E-state index is 12.4. The van der Waals surface area contributed by atoms with Crippen LogP contribution in [0.3, 0.4) is 0 Å². The van der Waals surface area contributed by atoms with E-state index in [2.05, 4.69) is 0 Å². The second-order valence-corrected chi connectivity index (χ2v) is 6.47. The molecule has 8 heteroatoms. The van der Waals surface area contributed by atoms with Crippen LogP contribution in [0, 0.1) is 0 Å². The molecule has 7 nitrogen and oxygen atoms in total. The summed E-state index contributed by atoms with van der Waals surface area (Å²) >= 11 is 6.13. The van der Waals surface area contributed by atoms with Crippen LogP contribution in [0.25, 0.3) is 0 Å². The Labute approximate surface area is 168 Å². The molecule has 2 aromatic rings. The predicted octanol–water partition coefficient (Wildman–Crippen LogP) is 3.52. The molecule has 1 aliphatic heterocycles. The number of esters is 1. The quantitative estimate of drug-likeness (QED) is 0.649. The third kappa shape index (κ3) is 4.43. The molecule has 0 saturated carbocycles. The lowest BCUT2D eigenvalue weighted by Gasteiger charge is -2.21. The first-order valence-electron chi connectivity index (χ1n) is 8.52. The Balaban J connectivity index is 1.71. The smallest absolute Gasteiger partial charge is 0.310 e. The summed E-state index contributed by atoms with van der Waals surface area (Å²) in [5.74, 6) is 1.65. The largest absolute Gasteiger partial charge is 0.493 e. The first-order chi connectivity index (χ1) is 13.5. The highest BCUT2D eigenvalue weighted by Gasteiger charge is 2.19. The van der Waals surface area contributed by atoms with E-state index in [4.69, 9.17) is 40.0 Å². The van der Waals surface area contributed by atoms with E-state index in [-0.39, 0.29) is 19.8 Å². The number of ether oxygens (including phenoxy) is 6. The van der Waals surface area contributed by atoms with E-state index >= 15 is 0 Å². The number of hydrogen-bond donors (Lipinski definition) is 0. The minimum absolute atomic E-state index is 0.0451. The molecular weight excluding hydrogens is 388 g/mol. The second-order valence-electron chi connectivity index (χ2n) is 6.03. The van der Waals surface area contributed by atoms with Gasteiger partial charge in [0, 0.05) is 16.1 Å². The molecule has 1 aliphatic rings. The zero-order valence-corrected chi connectivity index (χ0v) is 16.6. The van der Waals surface area contributed by atoms with Gasteiger partial charge in [-0.3, -0.25) is 4.79 Å². The van der Waals surface area contributed by atoms with Crippen molar-refractivity contribution in [3.63, 3.8) is 0 Å². The summed E-state index contributed by atoms with van der Waals surface area (Å²) in [6.07, 6.45) is 0.0451. The second kappa shape index (κ2) is 9.03. The van der Waals surface area contributed by atoms with Gasteiger partial charge in [-0.2, -0.15) is 0 Å². The number of hydrogen-bond acceptors (Lipinski definition) is 7. The highest BCUT2D eigenvalue weighted by Crippen LogP contribution is 2.38. The van der Waals surface area contributed by atoms with Crippen LogP contribution in [-0.4, -0.2) is 34.1 Å². The van der Waals surface area contributed by atoms with Crippen molar-refractivity contribution < 1.29 is 33.2 Å². The molecule has 0 spiro atoms. The van der Waals surface area contributed by atoms with Crippen molar-refractivity contribution >= 4 is 17.6 Å². The highest BCUT2D eigenvalue weighted by molar-refractivity contribution is 6.30. The Morgan fingerprint density at radius 2 is 1.79 bits per heavy atom. The summed E-state index contributed by atoms with van der Waals surface area (Å²) < 4.78 is 32.1. The number of rotatable bonds is 7. The van der Waals surface area contributed by atoms with E-state index in [0.29, 0.717) is 45.8 Å². The van der Waals surface area contributed by atoms with Gasteiger partial charge < -0.3 is 28.4 Å². The minimum atomic E-state index is -0.407. The molecule has 0 saturated heterocycles. The van der Waals surface area contributed by atoms with Crippen LogP contribution in [0.4, 0.5) is 0 Å². The summed E-state index contributed by atoms with van der Waals surface area (Å²) in [5, 5.41) is 0.531. The molecule has 0 aromatic heterocycles. The Morgan fingerprint density at radius 1 is 1.07 bits per heavy atom. The molecule has 28 heavy (non-hydrogen) atoms. The molecule has 0 unspecified atom stereocenters. The molecule has 0 radical (unpaired) electrons. The molecule has 0 atom stereocenters. The number of halogens is 1. The van der Waals surface area contributed by atoms with Crippen LogP contribution in [-0.2, 0) is 33.9 Å². The topological polar surface area (TPSA) is 72.5 Å². The average Bonchev–Trinajstić information content (AvgIpc) is 2.71. The standard InChI is InChI=1S/C20H21ClO7/c1-23-16-4-12(5-17(24-2)20(16)25-3)6-18(22)27-10-14-8-15(21)7-13-9-26-11-28-19(13)14/h4-5,7-8H,6,9-11H2,1-3H3. The third-order valence-corrected chi connectivity index (χ3v) is 4.43. The van der Waals surface area contributed by atoms with Gasteiger partial charge in [-0.05, 0) is 29.8 Å². The van der Waals surface area contributed by atoms with Crippen molar-refractivity contribution in [1.82, 2.24) is 0 Å². The number of carbonyl (C=O) groups is 1. The maximum atomic E-state index is 12.4. The predicted molar refractivity (Wildman–Crippen MR) is 101 cm³/mol. The van der Waals surface area contributed by atoms with Crippen LogP contribution in [0.15, 0.2) is 24.3 Å². The SMILES string of the molecule is COc1cc(CC(=O)OCc2cc(Cl)cc3c2OCOC3)cc(OC)c1OC. The summed E-state index contributed by atoms with van der Waals surface area (Å²) in [7, 11) is 4.56. The summed E-state index contributed by atoms with van der Waals surface area (Å²) in [5.41, 5.74) is 2.20. The Bertz CT molecular complexity index is 841. The summed E-state index contributed by atoms with van der Waals surface area (Å²) in [6.45, 7) is 0.607. The third-order valence-electron chi connectivity index (χ3n) is 4.21. The van der Waals surface area contributed by atoms with Gasteiger partial charge in [0.15, 0.2) is 18.3 Å². The zero-order chi connectivity index (χ0) is 20.1. The molecular formula is C20H21ClO7. The molecule has 1 heterocycles. The number of benzene rings is 2. The van der Waals surface area contributed by atoms with E-state index < -0.39 is 5.97 Å². The van der Waals surface area contributed by atoms with E-state index in [1.165, 1.54) is 21.3 Å². The van der Waals surface area contributed by atoms with E-state index in [1.807, 2.05) is 0 Å². The molecule has 0 N–H and O–H groups in total. The van der Waals surface area contributed by atoms with Gasteiger partial charge in [-0.15, -0.1) is 0 Å². The van der Waals surface area contributed by atoms with Crippen molar-refractivity contribution in [2.75, 3.05) is 28.1 Å².